The molecule has 0 radical (unpaired) electrons. The predicted octanol–water partition coefficient (Wildman–Crippen LogP) is 4.79. The predicted molar refractivity (Wildman–Crippen MR) is 123 cm³/mol. The molecule has 0 saturated heterocycles. The van der Waals surface area contributed by atoms with Crippen LogP contribution < -0.4 is 0 Å². The number of Topliss-reactive ketones (excluding diaryl/α,β-unsaturated/α-hetero) is 1. The van der Waals surface area contributed by atoms with Gasteiger partial charge in [-0.3, -0.25) is 4.79 Å². The van der Waals surface area contributed by atoms with Crippen molar-refractivity contribution < 1.29 is 23.5 Å². The van der Waals surface area contributed by atoms with E-state index < -0.39 is 11.4 Å². The Balaban J connectivity index is 1.54. The minimum atomic E-state index is -1.07. The number of hydrogen-bond acceptors (Lipinski definition) is 6. The lowest BCUT2D eigenvalue weighted by Gasteiger charge is -2.33. The smallest absolute Gasteiger partial charge is 0.330 e. The van der Waals surface area contributed by atoms with Crippen LogP contribution in [0.25, 0.3) is 17.0 Å². The molecular weight excluding hydrogens is 461 g/mol. The van der Waals surface area contributed by atoms with Gasteiger partial charge in [0, 0.05) is 17.8 Å². The van der Waals surface area contributed by atoms with Gasteiger partial charge in [0.2, 0.25) is 5.78 Å². The molecule has 0 N–H and O–H groups in total. The molecule has 1 spiro atoms. The highest BCUT2D eigenvalue weighted by Gasteiger charge is 2.51. The van der Waals surface area contributed by atoms with Gasteiger partial charge in [-0.2, -0.15) is 5.10 Å². The van der Waals surface area contributed by atoms with Crippen LogP contribution >= 0.6 is 11.6 Å². The summed E-state index contributed by atoms with van der Waals surface area (Å²) in [5, 5.41) is 4.09. The maximum atomic E-state index is 13.9. The Bertz CT molecular complexity index is 1370. The van der Waals surface area contributed by atoms with Gasteiger partial charge in [0.25, 0.3) is 0 Å². The van der Waals surface area contributed by atoms with Crippen LogP contribution in [0.2, 0.25) is 5.02 Å². The first-order valence-electron chi connectivity index (χ1n) is 11.0. The number of ether oxygens (including phenoxy) is 2. The largest absolute Gasteiger partial charge is 0.478 e. The first-order chi connectivity index (χ1) is 16.4. The maximum absolute atomic E-state index is 13.9. The number of benzene rings is 1. The summed E-state index contributed by atoms with van der Waals surface area (Å²) < 4.78 is 26.9. The molecule has 2 aliphatic rings. The summed E-state index contributed by atoms with van der Waals surface area (Å²) in [5.41, 5.74) is 1.97. The normalized spacial score (nSPS) is 20.2. The summed E-state index contributed by atoms with van der Waals surface area (Å²) in [6.45, 7) is 2.06. The van der Waals surface area contributed by atoms with Crippen molar-refractivity contribution in [1.82, 2.24) is 14.6 Å². The van der Waals surface area contributed by atoms with Gasteiger partial charge in [0.1, 0.15) is 17.9 Å². The molecular formula is C25H21ClFN3O4. The lowest BCUT2D eigenvalue weighted by Crippen LogP contribution is -2.39. The highest BCUT2D eigenvalue weighted by Crippen LogP contribution is 2.49. The van der Waals surface area contributed by atoms with E-state index in [-0.39, 0.29) is 16.8 Å². The number of halogens is 2. The highest BCUT2D eigenvalue weighted by molar-refractivity contribution is 6.34. The minimum Gasteiger partial charge on any atom is -0.478 e. The van der Waals surface area contributed by atoms with Crippen LogP contribution in [0.5, 0.6) is 0 Å². The number of hydrogen-bond donors (Lipinski definition) is 0. The molecule has 174 valence electrons. The van der Waals surface area contributed by atoms with Gasteiger partial charge in [-0.15, -0.1) is 0 Å². The number of allylic oxidation sites excluding steroid dienone is 1. The van der Waals surface area contributed by atoms with Gasteiger partial charge in [0.05, 0.1) is 17.2 Å². The topological polar surface area (TPSA) is 82.8 Å². The fraction of sp³-hybridized carbons (Fsp3) is 0.280. The molecule has 3 aromatic rings. The Morgan fingerprint density at radius 2 is 2.03 bits per heavy atom. The third-order valence-electron chi connectivity index (χ3n) is 6.22. The Kier molecular flexibility index (Phi) is 5.69. The summed E-state index contributed by atoms with van der Waals surface area (Å²) in [5.74, 6) is -0.736. The van der Waals surface area contributed by atoms with E-state index in [4.69, 9.17) is 21.1 Å². The first-order valence-corrected chi connectivity index (χ1v) is 11.4. The van der Waals surface area contributed by atoms with Crippen LogP contribution in [0.1, 0.15) is 43.7 Å². The van der Waals surface area contributed by atoms with Crippen LogP contribution in [0.15, 0.2) is 54.5 Å². The number of fused-ring (bicyclic) bond motifs is 1. The standard InChI is InChI=1S/C25H21ClFN3O4/c1-2-33-21(31)11-15-7-9-25(10-8-15)24(32)22(16-3-5-19(27)18(26)12-16)23(34-25)17-4-6-20-28-14-29-30(20)13-17/h3-6,11-14H,2,7-10H2,1H3. The number of ketones is 1. The van der Waals surface area contributed by atoms with E-state index in [1.165, 1.54) is 30.6 Å². The van der Waals surface area contributed by atoms with Crippen molar-refractivity contribution in [3.63, 3.8) is 0 Å². The van der Waals surface area contributed by atoms with E-state index in [0.29, 0.717) is 60.4 Å². The second kappa shape index (κ2) is 8.68. The van der Waals surface area contributed by atoms with Crippen LogP contribution in [-0.4, -0.2) is 38.6 Å². The molecule has 0 amide bonds. The number of nitrogens with zero attached hydrogens (tertiary/aromatic N) is 3. The summed E-state index contributed by atoms with van der Waals surface area (Å²) >= 11 is 6.04. The Hall–Kier alpha value is -3.52. The van der Waals surface area contributed by atoms with E-state index >= 15 is 0 Å². The van der Waals surface area contributed by atoms with E-state index in [0.717, 1.165) is 5.57 Å². The molecule has 1 aliphatic heterocycles. The maximum Gasteiger partial charge on any atom is 0.330 e. The summed E-state index contributed by atoms with van der Waals surface area (Å²) in [4.78, 5) is 29.8. The van der Waals surface area contributed by atoms with Gasteiger partial charge in [-0.1, -0.05) is 23.2 Å². The summed E-state index contributed by atoms with van der Waals surface area (Å²) in [7, 11) is 0. The van der Waals surface area contributed by atoms with E-state index in [9.17, 15) is 14.0 Å². The minimum absolute atomic E-state index is 0.0758. The van der Waals surface area contributed by atoms with Crippen molar-refractivity contribution in [2.24, 2.45) is 0 Å². The molecule has 0 atom stereocenters. The number of rotatable bonds is 4. The fourth-order valence-corrected chi connectivity index (χ4v) is 4.67. The average Bonchev–Trinajstić information content (AvgIpc) is 3.40. The quantitative estimate of drug-likeness (QED) is 0.393. The molecule has 1 aromatic carbocycles. The zero-order valence-corrected chi connectivity index (χ0v) is 19.1. The second-order valence-electron chi connectivity index (χ2n) is 8.29. The molecule has 1 fully saturated rings. The Morgan fingerprint density at radius 1 is 1.26 bits per heavy atom. The number of esters is 1. The third kappa shape index (κ3) is 3.88. The van der Waals surface area contributed by atoms with Gasteiger partial charge in [-0.25, -0.2) is 18.7 Å². The lowest BCUT2D eigenvalue weighted by molar-refractivity contribution is -0.137. The van der Waals surface area contributed by atoms with Crippen molar-refractivity contribution in [1.29, 1.82) is 0 Å². The van der Waals surface area contributed by atoms with Crippen molar-refractivity contribution in [2.75, 3.05) is 6.61 Å². The van der Waals surface area contributed by atoms with E-state index in [1.807, 2.05) is 6.07 Å². The molecule has 2 aromatic heterocycles. The molecule has 0 unspecified atom stereocenters. The molecule has 9 heteroatoms. The molecule has 5 rings (SSSR count). The third-order valence-corrected chi connectivity index (χ3v) is 6.51. The van der Waals surface area contributed by atoms with Crippen molar-refractivity contribution >= 4 is 40.3 Å². The van der Waals surface area contributed by atoms with Crippen LogP contribution in [-0.2, 0) is 19.1 Å². The fourth-order valence-electron chi connectivity index (χ4n) is 4.49. The van der Waals surface area contributed by atoms with Gasteiger partial charge in [0.15, 0.2) is 11.2 Å². The number of carbonyl (C=O) groups excluding carboxylic acids is 2. The van der Waals surface area contributed by atoms with Crippen molar-refractivity contribution in [3.8, 4) is 0 Å². The SMILES string of the molecule is CCOC(=O)C=C1CCC2(CC1)OC(c1ccc3ncnn3c1)=C(c1ccc(F)c(Cl)c1)C2=O. The number of carbonyl (C=O) groups is 2. The van der Waals surface area contributed by atoms with Crippen molar-refractivity contribution in [3.05, 3.63) is 76.5 Å². The zero-order valence-electron chi connectivity index (χ0n) is 18.4. The molecule has 1 aliphatic carbocycles. The average molecular weight is 482 g/mol. The van der Waals surface area contributed by atoms with Gasteiger partial charge in [-0.05, 0) is 62.4 Å². The van der Waals surface area contributed by atoms with Crippen LogP contribution in [0.4, 0.5) is 4.39 Å². The summed E-state index contributed by atoms with van der Waals surface area (Å²) in [6.07, 6.45) is 6.55. The van der Waals surface area contributed by atoms with E-state index in [2.05, 4.69) is 10.1 Å². The molecule has 0 bridgehead atoms. The second-order valence-corrected chi connectivity index (χ2v) is 8.70. The van der Waals surface area contributed by atoms with Crippen LogP contribution in [0.3, 0.4) is 0 Å². The molecule has 7 nitrogen and oxygen atoms in total. The van der Waals surface area contributed by atoms with Gasteiger partial charge < -0.3 is 9.47 Å². The molecule has 1 saturated carbocycles. The number of pyridine rings is 1. The van der Waals surface area contributed by atoms with Crippen molar-refractivity contribution in [2.45, 2.75) is 38.2 Å². The summed E-state index contributed by atoms with van der Waals surface area (Å²) in [6, 6.07) is 7.80. The lowest BCUT2D eigenvalue weighted by atomic mass is 9.77. The van der Waals surface area contributed by atoms with E-state index in [1.54, 1.807) is 23.7 Å². The van der Waals surface area contributed by atoms with Gasteiger partial charge >= 0.3 is 5.97 Å². The Labute approximate surface area is 199 Å². The monoisotopic (exact) mass is 481 g/mol. The Morgan fingerprint density at radius 3 is 2.76 bits per heavy atom. The van der Waals surface area contributed by atoms with Crippen LogP contribution in [0, 0.1) is 5.82 Å². The highest BCUT2D eigenvalue weighted by atomic mass is 35.5. The number of aromatic nitrogens is 3. The molecule has 34 heavy (non-hydrogen) atoms. The first kappa shape index (κ1) is 22.3. The zero-order chi connectivity index (χ0) is 23.9. The molecule has 3 heterocycles.